The first-order valence-corrected chi connectivity index (χ1v) is 8.31. The standard InChI is InChI=1S/C13H19N3OS2/c1-3-7-14-8-10-5-6-11(17-10)9-18-13-15-12(4-2)16-19-13/h5-6,14H,3-4,7-9H2,1-2H3. The van der Waals surface area contributed by atoms with Gasteiger partial charge in [0.05, 0.1) is 12.3 Å². The third kappa shape index (κ3) is 4.63. The van der Waals surface area contributed by atoms with Crippen LogP contribution in [0.4, 0.5) is 0 Å². The van der Waals surface area contributed by atoms with Crippen molar-refractivity contribution in [1.82, 2.24) is 14.7 Å². The summed E-state index contributed by atoms with van der Waals surface area (Å²) in [5.74, 6) is 3.73. The summed E-state index contributed by atoms with van der Waals surface area (Å²) >= 11 is 3.15. The van der Waals surface area contributed by atoms with Crippen LogP contribution in [0.25, 0.3) is 0 Å². The van der Waals surface area contributed by atoms with E-state index >= 15 is 0 Å². The van der Waals surface area contributed by atoms with Crippen molar-refractivity contribution < 1.29 is 4.42 Å². The van der Waals surface area contributed by atoms with E-state index < -0.39 is 0 Å². The van der Waals surface area contributed by atoms with Gasteiger partial charge < -0.3 is 9.73 Å². The molecule has 0 bridgehead atoms. The predicted molar refractivity (Wildman–Crippen MR) is 79.6 cm³/mol. The van der Waals surface area contributed by atoms with Crippen LogP contribution in [0, 0.1) is 0 Å². The molecule has 0 spiro atoms. The first kappa shape index (κ1) is 14.6. The summed E-state index contributed by atoms with van der Waals surface area (Å²) in [6, 6.07) is 4.08. The molecule has 0 fully saturated rings. The molecule has 2 heterocycles. The first-order chi connectivity index (χ1) is 9.31. The van der Waals surface area contributed by atoms with Crippen LogP contribution in [0.5, 0.6) is 0 Å². The molecule has 0 unspecified atom stereocenters. The molecule has 0 aliphatic rings. The Morgan fingerprint density at radius 1 is 1.32 bits per heavy atom. The van der Waals surface area contributed by atoms with Crippen molar-refractivity contribution >= 4 is 23.3 Å². The second kappa shape index (κ2) is 7.67. The molecule has 104 valence electrons. The summed E-state index contributed by atoms with van der Waals surface area (Å²) in [5.41, 5.74) is 0. The quantitative estimate of drug-likeness (QED) is 0.597. The maximum atomic E-state index is 5.76. The highest BCUT2D eigenvalue weighted by Crippen LogP contribution is 2.25. The van der Waals surface area contributed by atoms with Crippen LogP contribution in [0.3, 0.4) is 0 Å². The van der Waals surface area contributed by atoms with E-state index in [2.05, 4.69) is 28.5 Å². The molecule has 2 aromatic rings. The molecule has 0 aliphatic carbocycles. The van der Waals surface area contributed by atoms with E-state index in [4.69, 9.17) is 4.42 Å². The Labute approximate surface area is 122 Å². The van der Waals surface area contributed by atoms with Crippen LogP contribution < -0.4 is 5.32 Å². The maximum Gasteiger partial charge on any atom is 0.170 e. The molecule has 2 aromatic heterocycles. The lowest BCUT2D eigenvalue weighted by molar-refractivity contribution is 0.459. The molecule has 2 rings (SSSR count). The molecule has 0 amide bonds. The lowest BCUT2D eigenvalue weighted by atomic mass is 10.4. The van der Waals surface area contributed by atoms with E-state index in [1.165, 1.54) is 11.5 Å². The molecular formula is C13H19N3OS2. The number of furan rings is 1. The average Bonchev–Trinajstić information content (AvgIpc) is 3.05. The molecule has 0 atom stereocenters. The monoisotopic (exact) mass is 297 g/mol. The number of thioether (sulfide) groups is 1. The SMILES string of the molecule is CCCNCc1ccc(CSc2nc(CC)ns2)o1. The largest absolute Gasteiger partial charge is 0.464 e. The summed E-state index contributed by atoms with van der Waals surface area (Å²) in [4.78, 5) is 4.43. The fourth-order valence-corrected chi connectivity index (χ4v) is 3.15. The van der Waals surface area contributed by atoms with Crippen LogP contribution >= 0.6 is 23.3 Å². The Hall–Kier alpha value is -0.850. The van der Waals surface area contributed by atoms with E-state index in [1.807, 2.05) is 12.1 Å². The van der Waals surface area contributed by atoms with Gasteiger partial charge in [0.15, 0.2) is 4.34 Å². The van der Waals surface area contributed by atoms with Crippen molar-refractivity contribution in [2.75, 3.05) is 6.54 Å². The van der Waals surface area contributed by atoms with E-state index in [-0.39, 0.29) is 0 Å². The van der Waals surface area contributed by atoms with Gasteiger partial charge >= 0.3 is 0 Å². The Morgan fingerprint density at radius 2 is 2.16 bits per heavy atom. The minimum absolute atomic E-state index is 0.803. The van der Waals surface area contributed by atoms with Gasteiger partial charge in [0, 0.05) is 6.42 Å². The lowest BCUT2D eigenvalue weighted by Crippen LogP contribution is -2.12. The second-order valence-electron chi connectivity index (χ2n) is 4.16. The molecular weight excluding hydrogens is 278 g/mol. The number of rotatable bonds is 8. The number of hydrogen-bond donors (Lipinski definition) is 1. The minimum Gasteiger partial charge on any atom is -0.464 e. The Balaban J connectivity index is 1.79. The highest BCUT2D eigenvalue weighted by Gasteiger charge is 2.06. The number of nitrogens with zero attached hydrogens (tertiary/aromatic N) is 2. The van der Waals surface area contributed by atoms with Gasteiger partial charge in [-0.3, -0.25) is 0 Å². The molecule has 19 heavy (non-hydrogen) atoms. The summed E-state index contributed by atoms with van der Waals surface area (Å²) in [7, 11) is 0. The van der Waals surface area contributed by atoms with Crippen molar-refractivity contribution in [3.8, 4) is 0 Å². The zero-order valence-corrected chi connectivity index (χ0v) is 12.9. The van der Waals surface area contributed by atoms with Crippen LogP contribution in [0.2, 0.25) is 0 Å². The first-order valence-electron chi connectivity index (χ1n) is 6.55. The van der Waals surface area contributed by atoms with Crippen molar-refractivity contribution in [2.24, 2.45) is 0 Å². The second-order valence-corrected chi connectivity index (χ2v) is 6.14. The molecule has 0 aliphatic heterocycles. The van der Waals surface area contributed by atoms with Crippen molar-refractivity contribution in [3.05, 3.63) is 29.5 Å². The molecule has 0 saturated carbocycles. The summed E-state index contributed by atoms with van der Waals surface area (Å²) in [5, 5.41) is 3.33. The van der Waals surface area contributed by atoms with Gasteiger partial charge in [-0.2, -0.15) is 4.37 Å². The van der Waals surface area contributed by atoms with Gasteiger partial charge in [0.1, 0.15) is 17.3 Å². The van der Waals surface area contributed by atoms with Gasteiger partial charge in [-0.1, -0.05) is 25.6 Å². The van der Waals surface area contributed by atoms with Crippen molar-refractivity contribution in [2.45, 2.75) is 43.3 Å². The molecule has 0 aromatic carbocycles. The fourth-order valence-electron chi connectivity index (χ4n) is 1.56. The highest BCUT2D eigenvalue weighted by atomic mass is 32.2. The number of hydrogen-bond acceptors (Lipinski definition) is 6. The van der Waals surface area contributed by atoms with E-state index in [9.17, 15) is 0 Å². The van der Waals surface area contributed by atoms with Crippen LogP contribution in [0.15, 0.2) is 20.9 Å². The maximum absolute atomic E-state index is 5.76. The van der Waals surface area contributed by atoms with Gasteiger partial charge in [0.2, 0.25) is 0 Å². The van der Waals surface area contributed by atoms with Gasteiger partial charge in [-0.15, -0.1) is 0 Å². The van der Waals surface area contributed by atoms with Gasteiger partial charge in [-0.25, -0.2) is 4.98 Å². The lowest BCUT2D eigenvalue weighted by Gasteiger charge is -1.99. The topological polar surface area (TPSA) is 51.0 Å². The van der Waals surface area contributed by atoms with Crippen LogP contribution in [-0.4, -0.2) is 15.9 Å². The summed E-state index contributed by atoms with van der Waals surface area (Å²) < 4.78 is 11.0. The normalized spacial score (nSPS) is 11.1. The minimum atomic E-state index is 0.803. The molecule has 0 radical (unpaired) electrons. The fraction of sp³-hybridized carbons (Fsp3) is 0.538. The molecule has 1 N–H and O–H groups in total. The van der Waals surface area contributed by atoms with Gasteiger partial charge in [-0.05, 0) is 36.6 Å². The van der Waals surface area contributed by atoms with E-state index in [0.29, 0.717) is 0 Å². The Bertz CT molecular complexity index is 496. The molecule has 0 saturated heterocycles. The van der Waals surface area contributed by atoms with Crippen molar-refractivity contribution in [3.63, 3.8) is 0 Å². The number of nitrogens with one attached hydrogen (secondary N) is 1. The van der Waals surface area contributed by atoms with Gasteiger partial charge in [0.25, 0.3) is 0 Å². The smallest absolute Gasteiger partial charge is 0.170 e. The summed E-state index contributed by atoms with van der Waals surface area (Å²) in [6.07, 6.45) is 2.03. The Kier molecular flexibility index (Phi) is 5.88. The number of aryl methyl sites for hydroxylation is 1. The number of aromatic nitrogens is 2. The zero-order chi connectivity index (χ0) is 13.5. The third-order valence-corrected chi connectivity index (χ3v) is 4.44. The third-order valence-electron chi connectivity index (χ3n) is 2.55. The average molecular weight is 297 g/mol. The van der Waals surface area contributed by atoms with Crippen LogP contribution in [0.1, 0.15) is 37.6 Å². The zero-order valence-electron chi connectivity index (χ0n) is 11.3. The van der Waals surface area contributed by atoms with Crippen LogP contribution in [-0.2, 0) is 18.7 Å². The Morgan fingerprint density at radius 3 is 2.89 bits per heavy atom. The molecule has 6 heteroatoms. The highest BCUT2D eigenvalue weighted by molar-refractivity contribution is 8.00. The predicted octanol–water partition coefficient (Wildman–Crippen LogP) is 3.49. The molecule has 4 nitrogen and oxygen atoms in total. The van der Waals surface area contributed by atoms with E-state index in [0.717, 1.165) is 53.4 Å². The van der Waals surface area contributed by atoms with E-state index in [1.54, 1.807) is 11.8 Å². The van der Waals surface area contributed by atoms with Crippen molar-refractivity contribution in [1.29, 1.82) is 0 Å². The summed E-state index contributed by atoms with van der Waals surface area (Å²) in [6.45, 7) is 6.05.